The van der Waals surface area contributed by atoms with Gasteiger partial charge in [0.05, 0.1) is 6.54 Å². The number of hydrogen-bond acceptors (Lipinski definition) is 4. The molecule has 0 saturated heterocycles. The predicted molar refractivity (Wildman–Crippen MR) is 67.0 cm³/mol. The van der Waals surface area contributed by atoms with Crippen molar-refractivity contribution in [1.29, 1.82) is 0 Å². The first kappa shape index (κ1) is 12.9. The van der Waals surface area contributed by atoms with Gasteiger partial charge in [0.2, 0.25) is 0 Å². The quantitative estimate of drug-likeness (QED) is 0.751. The molecule has 2 unspecified atom stereocenters. The molecule has 2 rings (SSSR count). The van der Waals surface area contributed by atoms with Crippen molar-refractivity contribution in [3.05, 3.63) is 18.2 Å². The molecular weight excluding hydrogens is 232 g/mol. The Morgan fingerprint density at radius 3 is 2.94 bits per heavy atom. The van der Waals surface area contributed by atoms with Crippen LogP contribution in [-0.2, 0) is 11.3 Å². The van der Waals surface area contributed by atoms with Gasteiger partial charge in [-0.05, 0) is 27.2 Å². The van der Waals surface area contributed by atoms with Crippen molar-refractivity contribution in [2.24, 2.45) is 0 Å². The van der Waals surface area contributed by atoms with Crippen molar-refractivity contribution in [2.75, 3.05) is 0 Å². The number of nitrogens with zero attached hydrogens (tertiary/aromatic N) is 1. The lowest BCUT2D eigenvalue weighted by Gasteiger charge is -2.19. The number of aromatic nitrogens is 2. The Bertz CT molecular complexity index is 397. The van der Waals surface area contributed by atoms with Crippen LogP contribution in [0.2, 0.25) is 0 Å². The topological polar surface area (TPSA) is 79.0 Å². The third-order valence-electron chi connectivity index (χ3n) is 2.58. The molecule has 1 aliphatic carbocycles. The summed E-state index contributed by atoms with van der Waals surface area (Å²) in [4.78, 5) is 18.6. The molecule has 1 fully saturated rings. The van der Waals surface area contributed by atoms with E-state index in [1.54, 1.807) is 12.4 Å². The maximum Gasteiger partial charge on any atom is 0.407 e. The number of hydrogen-bond donors (Lipinski definition) is 3. The normalized spacial score (nSPS) is 22.6. The lowest BCUT2D eigenvalue weighted by atomic mass is 10.2. The summed E-state index contributed by atoms with van der Waals surface area (Å²) in [5, 5.41) is 6.15. The van der Waals surface area contributed by atoms with Crippen LogP contribution in [0.1, 0.15) is 33.0 Å². The molecule has 1 aliphatic rings. The summed E-state index contributed by atoms with van der Waals surface area (Å²) in [6.45, 7) is 6.24. The molecule has 0 spiro atoms. The fraction of sp³-hybridized carbons (Fsp3) is 0.667. The van der Waals surface area contributed by atoms with Crippen LogP contribution < -0.4 is 10.6 Å². The molecule has 2 atom stereocenters. The number of nitrogens with one attached hydrogen (secondary N) is 3. The van der Waals surface area contributed by atoms with Crippen LogP contribution in [0.5, 0.6) is 0 Å². The zero-order chi connectivity index (χ0) is 13.2. The van der Waals surface area contributed by atoms with Crippen molar-refractivity contribution in [3.8, 4) is 0 Å². The lowest BCUT2D eigenvalue weighted by molar-refractivity contribution is 0.0522. The van der Waals surface area contributed by atoms with Gasteiger partial charge in [0.15, 0.2) is 0 Å². The highest BCUT2D eigenvalue weighted by atomic mass is 16.6. The van der Waals surface area contributed by atoms with E-state index in [1.165, 1.54) is 0 Å². The molecule has 100 valence electrons. The minimum absolute atomic E-state index is 0.162. The van der Waals surface area contributed by atoms with Gasteiger partial charge in [-0.2, -0.15) is 0 Å². The van der Waals surface area contributed by atoms with Crippen LogP contribution in [0, 0.1) is 0 Å². The molecule has 1 aromatic rings. The van der Waals surface area contributed by atoms with Gasteiger partial charge in [-0.3, -0.25) is 0 Å². The second-order valence-corrected chi connectivity index (χ2v) is 5.51. The molecule has 1 saturated carbocycles. The smallest absolute Gasteiger partial charge is 0.407 e. The summed E-state index contributed by atoms with van der Waals surface area (Å²) in [5.41, 5.74) is -0.448. The Balaban J connectivity index is 1.64. The Kier molecular flexibility index (Phi) is 3.56. The fourth-order valence-corrected chi connectivity index (χ4v) is 1.66. The maximum atomic E-state index is 11.5. The second kappa shape index (κ2) is 4.97. The van der Waals surface area contributed by atoms with E-state index in [-0.39, 0.29) is 12.1 Å². The van der Waals surface area contributed by atoms with Gasteiger partial charge in [-0.15, -0.1) is 0 Å². The molecule has 0 aromatic carbocycles. The van der Waals surface area contributed by atoms with Gasteiger partial charge in [-0.1, -0.05) is 0 Å². The van der Waals surface area contributed by atoms with Crippen LogP contribution in [0.3, 0.4) is 0 Å². The molecular formula is C12H20N4O2. The van der Waals surface area contributed by atoms with Crippen LogP contribution >= 0.6 is 0 Å². The van der Waals surface area contributed by atoms with E-state index in [0.29, 0.717) is 12.6 Å². The summed E-state index contributed by atoms with van der Waals surface area (Å²) in [5.74, 6) is 0.901. The summed E-state index contributed by atoms with van der Waals surface area (Å²) < 4.78 is 5.19. The zero-order valence-electron chi connectivity index (χ0n) is 11.0. The zero-order valence-corrected chi connectivity index (χ0v) is 11.0. The van der Waals surface area contributed by atoms with E-state index >= 15 is 0 Å². The molecule has 1 amide bonds. The monoisotopic (exact) mass is 252 g/mol. The first-order chi connectivity index (χ1) is 8.44. The predicted octanol–water partition coefficient (Wildman–Crippen LogP) is 1.16. The number of aromatic amines is 1. The summed E-state index contributed by atoms with van der Waals surface area (Å²) in [6.07, 6.45) is 4.09. The van der Waals surface area contributed by atoms with E-state index in [0.717, 1.165) is 12.2 Å². The van der Waals surface area contributed by atoms with Crippen LogP contribution in [0.4, 0.5) is 4.79 Å². The van der Waals surface area contributed by atoms with Gasteiger partial charge in [0.25, 0.3) is 0 Å². The van der Waals surface area contributed by atoms with Crippen LogP contribution in [0.15, 0.2) is 12.4 Å². The number of H-pyrrole nitrogens is 1. The second-order valence-electron chi connectivity index (χ2n) is 5.51. The Morgan fingerprint density at radius 1 is 1.56 bits per heavy atom. The summed E-state index contributed by atoms with van der Waals surface area (Å²) >= 11 is 0. The largest absolute Gasteiger partial charge is 0.444 e. The Hall–Kier alpha value is -1.56. The fourth-order valence-electron chi connectivity index (χ4n) is 1.66. The van der Waals surface area contributed by atoms with Crippen molar-refractivity contribution in [1.82, 2.24) is 20.6 Å². The van der Waals surface area contributed by atoms with Crippen molar-refractivity contribution >= 4 is 6.09 Å². The molecule has 1 aromatic heterocycles. The first-order valence-corrected chi connectivity index (χ1v) is 6.15. The van der Waals surface area contributed by atoms with E-state index in [1.807, 2.05) is 20.8 Å². The van der Waals surface area contributed by atoms with Crippen LogP contribution in [-0.4, -0.2) is 33.7 Å². The molecule has 0 radical (unpaired) electrons. The molecule has 0 bridgehead atoms. The minimum Gasteiger partial charge on any atom is -0.444 e. The third-order valence-corrected chi connectivity index (χ3v) is 2.58. The highest BCUT2D eigenvalue weighted by Gasteiger charge is 2.38. The average Bonchev–Trinajstić information content (AvgIpc) is 2.76. The minimum atomic E-state index is -0.448. The molecule has 6 nitrogen and oxygen atoms in total. The summed E-state index contributed by atoms with van der Waals surface area (Å²) in [7, 11) is 0. The highest BCUT2D eigenvalue weighted by molar-refractivity contribution is 5.68. The van der Waals surface area contributed by atoms with Gasteiger partial charge in [0, 0.05) is 24.5 Å². The van der Waals surface area contributed by atoms with Gasteiger partial charge >= 0.3 is 6.09 Å². The average molecular weight is 252 g/mol. The number of alkyl carbamates (subject to hydrolysis) is 1. The highest BCUT2D eigenvalue weighted by Crippen LogP contribution is 2.22. The number of amides is 1. The maximum absolute atomic E-state index is 11.5. The van der Waals surface area contributed by atoms with Gasteiger partial charge < -0.3 is 20.4 Å². The van der Waals surface area contributed by atoms with E-state index < -0.39 is 5.60 Å². The first-order valence-electron chi connectivity index (χ1n) is 6.15. The van der Waals surface area contributed by atoms with E-state index in [4.69, 9.17) is 4.74 Å². The Morgan fingerprint density at radius 2 is 2.33 bits per heavy atom. The molecule has 3 N–H and O–H groups in total. The SMILES string of the molecule is CC(C)(C)OC(=O)NC1CC1NCc1ncc[nH]1. The van der Waals surface area contributed by atoms with E-state index in [9.17, 15) is 4.79 Å². The number of rotatable bonds is 4. The number of imidazole rings is 1. The third kappa shape index (κ3) is 4.03. The van der Waals surface area contributed by atoms with Gasteiger partial charge in [-0.25, -0.2) is 9.78 Å². The molecule has 18 heavy (non-hydrogen) atoms. The number of carbonyl (C=O) groups excluding carboxylic acids is 1. The molecule has 0 aliphatic heterocycles. The van der Waals surface area contributed by atoms with Crippen molar-refractivity contribution < 1.29 is 9.53 Å². The van der Waals surface area contributed by atoms with Gasteiger partial charge in [0.1, 0.15) is 11.4 Å². The van der Waals surface area contributed by atoms with E-state index in [2.05, 4.69) is 20.6 Å². The number of ether oxygens (including phenoxy) is 1. The molecule has 1 heterocycles. The van der Waals surface area contributed by atoms with Crippen molar-refractivity contribution in [3.63, 3.8) is 0 Å². The lowest BCUT2D eigenvalue weighted by Crippen LogP contribution is -2.36. The van der Waals surface area contributed by atoms with Crippen molar-refractivity contribution in [2.45, 2.75) is 51.4 Å². The summed E-state index contributed by atoms with van der Waals surface area (Å²) in [6, 6.07) is 0.470. The Labute approximate surface area is 107 Å². The number of carbonyl (C=O) groups is 1. The van der Waals surface area contributed by atoms with Crippen LogP contribution in [0.25, 0.3) is 0 Å². The standard InChI is InChI=1S/C12H20N4O2/c1-12(2,3)18-11(17)16-9-6-8(9)15-7-10-13-4-5-14-10/h4-5,8-9,15H,6-7H2,1-3H3,(H,13,14)(H,16,17). The molecule has 6 heteroatoms.